The summed E-state index contributed by atoms with van der Waals surface area (Å²) in [5, 5.41) is -0.739. The van der Waals surface area contributed by atoms with Gasteiger partial charge < -0.3 is 5.73 Å². The van der Waals surface area contributed by atoms with Crippen molar-refractivity contribution in [2.75, 3.05) is 6.54 Å². The molecule has 17 heavy (non-hydrogen) atoms. The van der Waals surface area contributed by atoms with E-state index in [1.807, 2.05) is 0 Å². The highest BCUT2D eigenvalue weighted by Crippen LogP contribution is 2.38. The van der Waals surface area contributed by atoms with Gasteiger partial charge in [0.25, 0.3) is 0 Å². The zero-order chi connectivity index (χ0) is 12.6. The van der Waals surface area contributed by atoms with Gasteiger partial charge in [-0.1, -0.05) is 18.6 Å². The first-order valence-electron chi connectivity index (χ1n) is 6.24. The van der Waals surface area contributed by atoms with E-state index in [0.29, 0.717) is 12.5 Å². The van der Waals surface area contributed by atoms with Gasteiger partial charge >= 0.3 is 0 Å². The summed E-state index contributed by atoms with van der Waals surface area (Å²) in [7, 11) is -3.35. The molecule has 2 aliphatic rings. The predicted molar refractivity (Wildman–Crippen MR) is 72.2 cm³/mol. The molecule has 4 nitrogen and oxygen atoms in total. The molecule has 6 heteroatoms. The van der Waals surface area contributed by atoms with Crippen molar-refractivity contribution >= 4 is 27.2 Å². The molecule has 0 aromatic rings. The molecule has 2 N–H and O–H groups in total. The molecule has 98 valence electrons. The molecule has 0 spiro atoms. The Labute approximate surface area is 109 Å². The predicted octanol–water partition coefficient (Wildman–Crippen LogP) is 1.26. The lowest BCUT2D eigenvalue weighted by molar-refractivity contribution is 0.201. The van der Waals surface area contributed by atoms with Crippen LogP contribution in [0.3, 0.4) is 0 Å². The maximum absolute atomic E-state index is 12.4. The van der Waals surface area contributed by atoms with Crippen molar-refractivity contribution in [1.29, 1.82) is 0 Å². The third-order valence-electron chi connectivity index (χ3n) is 4.12. The highest BCUT2D eigenvalue weighted by atomic mass is 32.2. The maximum atomic E-state index is 12.4. The first-order valence-corrected chi connectivity index (χ1v) is 8.15. The SMILES string of the molecule is CC(C(N)=S)S(=O)(=O)N1CCCC2CCCC21. The van der Waals surface area contributed by atoms with Gasteiger partial charge in [0.1, 0.15) is 5.25 Å². The summed E-state index contributed by atoms with van der Waals surface area (Å²) in [6.07, 6.45) is 5.43. The van der Waals surface area contributed by atoms with Crippen molar-refractivity contribution < 1.29 is 8.42 Å². The molecule has 1 saturated heterocycles. The number of piperidine rings is 1. The van der Waals surface area contributed by atoms with Crippen molar-refractivity contribution in [3.8, 4) is 0 Å². The molecule has 3 atom stereocenters. The summed E-state index contributed by atoms with van der Waals surface area (Å²) >= 11 is 4.83. The fourth-order valence-corrected chi connectivity index (χ4v) is 5.18. The highest BCUT2D eigenvalue weighted by Gasteiger charge is 2.42. The topological polar surface area (TPSA) is 63.4 Å². The Balaban J connectivity index is 2.23. The van der Waals surface area contributed by atoms with Crippen LogP contribution < -0.4 is 5.73 Å². The average Bonchev–Trinajstić information content (AvgIpc) is 2.75. The smallest absolute Gasteiger partial charge is 0.223 e. The summed E-state index contributed by atoms with van der Waals surface area (Å²) < 4.78 is 26.5. The molecule has 2 fully saturated rings. The number of thiocarbonyl (C=S) groups is 1. The van der Waals surface area contributed by atoms with Crippen LogP contribution in [0.2, 0.25) is 0 Å². The molecular weight excluding hydrogens is 256 g/mol. The van der Waals surface area contributed by atoms with E-state index in [1.165, 1.54) is 0 Å². The van der Waals surface area contributed by atoms with E-state index in [1.54, 1.807) is 11.2 Å². The quantitative estimate of drug-likeness (QED) is 0.788. The van der Waals surface area contributed by atoms with Gasteiger partial charge in [-0.2, -0.15) is 4.31 Å². The number of hydrogen-bond donors (Lipinski definition) is 1. The molecule has 0 amide bonds. The first-order chi connectivity index (χ1) is 7.94. The number of rotatable bonds is 3. The van der Waals surface area contributed by atoms with Crippen LogP contribution in [0, 0.1) is 5.92 Å². The van der Waals surface area contributed by atoms with E-state index < -0.39 is 15.3 Å². The Morgan fingerprint density at radius 1 is 1.35 bits per heavy atom. The normalized spacial score (nSPS) is 32.1. The number of sulfonamides is 1. The number of nitrogens with zero attached hydrogens (tertiary/aromatic N) is 1. The molecule has 3 unspecified atom stereocenters. The molecule has 1 aliphatic heterocycles. The van der Waals surface area contributed by atoms with Gasteiger partial charge in [-0.15, -0.1) is 0 Å². The largest absolute Gasteiger partial charge is 0.392 e. The molecule has 2 rings (SSSR count). The summed E-state index contributed by atoms with van der Waals surface area (Å²) in [5.74, 6) is 0.553. The zero-order valence-corrected chi connectivity index (χ0v) is 11.8. The minimum Gasteiger partial charge on any atom is -0.392 e. The van der Waals surface area contributed by atoms with Crippen LogP contribution in [0.25, 0.3) is 0 Å². The minimum absolute atomic E-state index is 0.0742. The molecule has 0 aromatic carbocycles. The lowest BCUT2D eigenvalue weighted by atomic mass is 9.94. The third-order valence-corrected chi connectivity index (χ3v) is 6.87. The number of fused-ring (bicyclic) bond motifs is 1. The Morgan fingerprint density at radius 2 is 2.00 bits per heavy atom. The van der Waals surface area contributed by atoms with Crippen molar-refractivity contribution in [3.05, 3.63) is 0 Å². The first kappa shape index (κ1) is 13.2. The number of nitrogens with two attached hydrogens (primary N) is 1. The summed E-state index contributed by atoms with van der Waals surface area (Å²) in [5.41, 5.74) is 5.49. The van der Waals surface area contributed by atoms with Crippen LogP contribution in [0.4, 0.5) is 0 Å². The van der Waals surface area contributed by atoms with Crippen molar-refractivity contribution in [1.82, 2.24) is 4.31 Å². The molecular formula is C11H20N2O2S2. The fourth-order valence-electron chi connectivity index (χ4n) is 3.07. The second-order valence-corrected chi connectivity index (χ2v) is 7.78. The third kappa shape index (κ3) is 2.35. The van der Waals surface area contributed by atoms with Gasteiger partial charge in [0, 0.05) is 12.6 Å². The van der Waals surface area contributed by atoms with Crippen molar-refractivity contribution in [2.45, 2.75) is 50.3 Å². The van der Waals surface area contributed by atoms with E-state index in [0.717, 1.165) is 32.1 Å². The second-order valence-electron chi connectivity index (χ2n) is 5.10. The Morgan fingerprint density at radius 3 is 2.65 bits per heavy atom. The molecule has 0 radical (unpaired) electrons. The average molecular weight is 276 g/mol. The molecule has 1 saturated carbocycles. The van der Waals surface area contributed by atoms with Crippen LogP contribution in [0.1, 0.15) is 39.0 Å². The zero-order valence-electron chi connectivity index (χ0n) is 10.1. The Bertz CT molecular complexity index is 408. The lowest BCUT2D eigenvalue weighted by Crippen LogP contribution is -2.51. The van der Waals surface area contributed by atoms with E-state index in [2.05, 4.69) is 0 Å². The summed E-state index contributed by atoms with van der Waals surface area (Å²) in [6.45, 7) is 2.23. The molecule has 1 aliphatic carbocycles. The van der Waals surface area contributed by atoms with Crippen LogP contribution >= 0.6 is 12.2 Å². The monoisotopic (exact) mass is 276 g/mol. The fraction of sp³-hybridized carbons (Fsp3) is 0.909. The Hall–Kier alpha value is -0.200. The van der Waals surface area contributed by atoms with Gasteiger partial charge in [-0.3, -0.25) is 0 Å². The van der Waals surface area contributed by atoms with Crippen LogP contribution in [-0.4, -0.2) is 35.5 Å². The maximum Gasteiger partial charge on any atom is 0.223 e. The molecule has 1 heterocycles. The number of hydrogen-bond acceptors (Lipinski definition) is 3. The van der Waals surface area contributed by atoms with E-state index in [9.17, 15) is 8.42 Å². The van der Waals surface area contributed by atoms with E-state index >= 15 is 0 Å². The van der Waals surface area contributed by atoms with Crippen LogP contribution in [0.15, 0.2) is 0 Å². The summed E-state index contributed by atoms with van der Waals surface area (Å²) in [4.78, 5) is 0.0742. The highest BCUT2D eigenvalue weighted by molar-refractivity contribution is 7.92. The minimum atomic E-state index is -3.35. The molecule has 0 aromatic heterocycles. The van der Waals surface area contributed by atoms with E-state index in [-0.39, 0.29) is 11.0 Å². The van der Waals surface area contributed by atoms with Crippen molar-refractivity contribution in [3.63, 3.8) is 0 Å². The van der Waals surface area contributed by atoms with Crippen LogP contribution in [0.5, 0.6) is 0 Å². The van der Waals surface area contributed by atoms with Gasteiger partial charge in [0.15, 0.2) is 0 Å². The second kappa shape index (κ2) is 4.82. The lowest BCUT2D eigenvalue weighted by Gasteiger charge is -2.38. The summed E-state index contributed by atoms with van der Waals surface area (Å²) in [6, 6.07) is 0.200. The van der Waals surface area contributed by atoms with E-state index in [4.69, 9.17) is 18.0 Å². The van der Waals surface area contributed by atoms with Gasteiger partial charge in [0.05, 0.1) is 4.99 Å². The standard InChI is InChI=1S/C11H20N2O2S2/c1-8(11(12)16)17(14,15)13-7-3-5-9-4-2-6-10(9)13/h8-10H,2-7H2,1H3,(H2,12,16). The van der Waals surface area contributed by atoms with Crippen molar-refractivity contribution in [2.24, 2.45) is 11.7 Å². The Kier molecular flexibility index (Phi) is 3.75. The van der Waals surface area contributed by atoms with Gasteiger partial charge in [-0.05, 0) is 38.5 Å². The molecule has 0 bridgehead atoms. The van der Waals surface area contributed by atoms with Gasteiger partial charge in [0.2, 0.25) is 10.0 Å². The van der Waals surface area contributed by atoms with Crippen LogP contribution in [-0.2, 0) is 10.0 Å². The van der Waals surface area contributed by atoms with Gasteiger partial charge in [-0.25, -0.2) is 8.42 Å².